The first-order chi connectivity index (χ1) is 8.92. The summed E-state index contributed by atoms with van der Waals surface area (Å²) in [4.78, 5) is 2.57. The summed E-state index contributed by atoms with van der Waals surface area (Å²) in [6.07, 6.45) is 1.30. The normalized spacial score (nSPS) is 29.6. The quantitative estimate of drug-likeness (QED) is 0.874. The second kappa shape index (κ2) is 5.83. The summed E-state index contributed by atoms with van der Waals surface area (Å²) in [6.45, 7) is 6.29. The van der Waals surface area contributed by atoms with Crippen LogP contribution >= 0.6 is 0 Å². The van der Waals surface area contributed by atoms with Gasteiger partial charge >= 0.3 is 0 Å². The lowest BCUT2D eigenvalue weighted by atomic mass is 9.99. The minimum Gasteiger partial charge on any atom is -0.379 e. The van der Waals surface area contributed by atoms with Crippen LogP contribution < -0.4 is 5.32 Å². The zero-order chi connectivity index (χ0) is 12.2. The third-order valence-electron chi connectivity index (χ3n) is 4.08. The molecule has 0 saturated carbocycles. The van der Waals surface area contributed by atoms with E-state index in [9.17, 15) is 0 Å². The topological polar surface area (TPSA) is 24.5 Å². The first-order valence-corrected chi connectivity index (χ1v) is 6.99. The van der Waals surface area contributed by atoms with Crippen LogP contribution in [0.3, 0.4) is 0 Å². The highest BCUT2D eigenvalue weighted by atomic mass is 16.5. The molecular formula is C15H22N2O. The molecule has 2 saturated heterocycles. The van der Waals surface area contributed by atoms with Crippen molar-refractivity contribution in [3.63, 3.8) is 0 Å². The highest BCUT2D eigenvalue weighted by Gasteiger charge is 2.30. The third-order valence-corrected chi connectivity index (χ3v) is 4.08. The van der Waals surface area contributed by atoms with Crippen LogP contribution in [-0.4, -0.2) is 43.8 Å². The Morgan fingerprint density at radius 2 is 2.17 bits per heavy atom. The minimum atomic E-state index is 0.569. The van der Waals surface area contributed by atoms with Gasteiger partial charge in [-0.1, -0.05) is 30.3 Å². The SMILES string of the molecule is c1ccc(CN2CCC(C3COCCN3)C2)cc1. The van der Waals surface area contributed by atoms with Gasteiger partial charge in [0.1, 0.15) is 0 Å². The summed E-state index contributed by atoms with van der Waals surface area (Å²) >= 11 is 0. The first-order valence-electron chi connectivity index (χ1n) is 6.99. The van der Waals surface area contributed by atoms with Crippen molar-refractivity contribution in [1.82, 2.24) is 10.2 Å². The van der Waals surface area contributed by atoms with Gasteiger partial charge in [-0.15, -0.1) is 0 Å². The number of benzene rings is 1. The van der Waals surface area contributed by atoms with E-state index in [1.807, 2.05) is 0 Å². The van der Waals surface area contributed by atoms with E-state index in [1.54, 1.807) is 0 Å². The maximum atomic E-state index is 5.57. The van der Waals surface area contributed by atoms with Crippen LogP contribution in [0.15, 0.2) is 30.3 Å². The van der Waals surface area contributed by atoms with Crippen molar-refractivity contribution in [3.8, 4) is 0 Å². The van der Waals surface area contributed by atoms with Crippen LogP contribution in [0.25, 0.3) is 0 Å². The van der Waals surface area contributed by atoms with Gasteiger partial charge in [-0.3, -0.25) is 4.90 Å². The smallest absolute Gasteiger partial charge is 0.0623 e. The Morgan fingerprint density at radius 1 is 1.28 bits per heavy atom. The maximum Gasteiger partial charge on any atom is 0.0623 e. The number of ether oxygens (including phenoxy) is 1. The number of nitrogens with zero attached hydrogens (tertiary/aromatic N) is 1. The maximum absolute atomic E-state index is 5.57. The third kappa shape index (κ3) is 2.91. The Morgan fingerprint density at radius 3 is 2.94 bits per heavy atom. The standard InChI is InChI=1S/C15H22N2O/c1-2-4-13(5-3-1)10-17-8-6-14(11-17)15-12-18-9-7-16-15/h1-5,14-16H,6-12H2. The molecule has 0 bridgehead atoms. The molecule has 2 fully saturated rings. The molecular weight excluding hydrogens is 224 g/mol. The highest BCUT2D eigenvalue weighted by Crippen LogP contribution is 2.22. The lowest BCUT2D eigenvalue weighted by Crippen LogP contribution is -2.46. The molecule has 0 amide bonds. The monoisotopic (exact) mass is 246 g/mol. The Balaban J connectivity index is 1.52. The van der Waals surface area contributed by atoms with Gasteiger partial charge in [0.25, 0.3) is 0 Å². The molecule has 3 heteroatoms. The summed E-state index contributed by atoms with van der Waals surface area (Å²) in [7, 11) is 0. The second-order valence-electron chi connectivity index (χ2n) is 5.41. The molecule has 18 heavy (non-hydrogen) atoms. The van der Waals surface area contributed by atoms with Gasteiger partial charge in [-0.2, -0.15) is 0 Å². The van der Waals surface area contributed by atoms with E-state index in [1.165, 1.54) is 25.1 Å². The van der Waals surface area contributed by atoms with Crippen molar-refractivity contribution >= 4 is 0 Å². The van der Waals surface area contributed by atoms with Crippen molar-refractivity contribution in [2.24, 2.45) is 5.92 Å². The van der Waals surface area contributed by atoms with Crippen LogP contribution in [0.1, 0.15) is 12.0 Å². The molecule has 1 N–H and O–H groups in total. The first kappa shape index (κ1) is 12.2. The van der Waals surface area contributed by atoms with Crippen molar-refractivity contribution in [2.75, 3.05) is 32.8 Å². The number of nitrogens with one attached hydrogen (secondary N) is 1. The van der Waals surface area contributed by atoms with E-state index in [4.69, 9.17) is 4.74 Å². The second-order valence-corrected chi connectivity index (χ2v) is 5.41. The molecule has 2 unspecified atom stereocenters. The molecule has 2 heterocycles. The zero-order valence-corrected chi connectivity index (χ0v) is 10.8. The molecule has 2 aliphatic heterocycles. The van der Waals surface area contributed by atoms with E-state index in [0.717, 1.165) is 32.2 Å². The fraction of sp³-hybridized carbons (Fsp3) is 0.600. The number of morpholine rings is 1. The van der Waals surface area contributed by atoms with E-state index < -0.39 is 0 Å². The molecule has 3 nitrogen and oxygen atoms in total. The van der Waals surface area contributed by atoms with Gasteiger partial charge in [0, 0.05) is 25.7 Å². The van der Waals surface area contributed by atoms with Crippen molar-refractivity contribution in [2.45, 2.75) is 19.0 Å². The van der Waals surface area contributed by atoms with Crippen LogP contribution in [0.2, 0.25) is 0 Å². The summed E-state index contributed by atoms with van der Waals surface area (Å²) in [6, 6.07) is 11.3. The van der Waals surface area contributed by atoms with Crippen LogP contribution in [0.4, 0.5) is 0 Å². The average Bonchev–Trinajstić information content (AvgIpc) is 2.89. The van der Waals surface area contributed by atoms with Crippen molar-refractivity contribution in [1.29, 1.82) is 0 Å². The van der Waals surface area contributed by atoms with E-state index in [2.05, 4.69) is 40.5 Å². The molecule has 1 aromatic rings. The molecule has 1 aromatic carbocycles. The van der Waals surface area contributed by atoms with Crippen molar-refractivity contribution in [3.05, 3.63) is 35.9 Å². The van der Waals surface area contributed by atoms with Gasteiger partial charge in [0.05, 0.1) is 13.2 Å². The largest absolute Gasteiger partial charge is 0.379 e. The number of likely N-dealkylation sites (tertiary alicyclic amines) is 1. The molecule has 0 spiro atoms. The highest BCUT2D eigenvalue weighted by molar-refractivity contribution is 5.14. The van der Waals surface area contributed by atoms with Gasteiger partial charge in [0.2, 0.25) is 0 Å². The molecule has 98 valence electrons. The predicted octanol–water partition coefficient (Wildman–Crippen LogP) is 1.50. The van der Waals surface area contributed by atoms with Crippen LogP contribution in [0, 0.1) is 5.92 Å². The van der Waals surface area contributed by atoms with Crippen LogP contribution in [-0.2, 0) is 11.3 Å². The number of rotatable bonds is 3. The van der Waals surface area contributed by atoms with Gasteiger partial charge < -0.3 is 10.1 Å². The average molecular weight is 246 g/mol. The molecule has 2 aliphatic rings. The Bertz CT molecular complexity index is 362. The predicted molar refractivity (Wildman–Crippen MR) is 72.4 cm³/mol. The number of hydrogen-bond acceptors (Lipinski definition) is 3. The Labute approximate surface area is 109 Å². The molecule has 3 rings (SSSR count). The van der Waals surface area contributed by atoms with Gasteiger partial charge in [0.15, 0.2) is 0 Å². The molecule has 0 radical (unpaired) electrons. The van der Waals surface area contributed by atoms with E-state index in [0.29, 0.717) is 6.04 Å². The van der Waals surface area contributed by atoms with Gasteiger partial charge in [-0.05, 0) is 24.4 Å². The molecule has 0 aliphatic carbocycles. The van der Waals surface area contributed by atoms with Crippen molar-refractivity contribution < 1.29 is 4.74 Å². The molecule has 2 atom stereocenters. The lowest BCUT2D eigenvalue weighted by Gasteiger charge is -2.29. The summed E-state index contributed by atoms with van der Waals surface area (Å²) in [5, 5.41) is 3.59. The van der Waals surface area contributed by atoms with E-state index >= 15 is 0 Å². The fourth-order valence-corrected chi connectivity index (χ4v) is 3.06. The Hall–Kier alpha value is -0.900. The summed E-state index contributed by atoms with van der Waals surface area (Å²) in [5.41, 5.74) is 1.42. The fourth-order valence-electron chi connectivity index (χ4n) is 3.06. The van der Waals surface area contributed by atoms with Crippen LogP contribution in [0.5, 0.6) is 0 Å². The summed E-state index contributed by atoms with van der Waals surface area (Å²) < 4.78 is 5.57. The van der Waals surface area contributed by atoms with Gasteiger partial charge in [-0.25, -0.2) is 0 Å². The molecule has 0 aromatic heterocycles. The lowest BCUT2D eigenvalue weighted by molar-refractivity contribution is 0.0576. The number of hydrogen-bond donors (Lipinski definition) is 1. The van der Waals surface area contributed by atoms with E-state index in [-0.39, 0.29) is 0 Å². The minimum absolute atomic E-state index is 0.569. The zero-order valence-electron chi connectivity index (χ0n) is 10.8. The summed E-state index contributed by atoms with van der Waals surface area (Å²) in [5.74, 6) is 0.758. The Kier molecular flexibility index (Phi) is 3.93.